The van der Waals surface area contributed by atoms with Gasteiger partial charge in [-0.1, -0.05) is 113 Å². The van der Waals surface area contributed by atoms with E-state index in [1.807, 2.05) is 81.4 Å². The highest BCUT2D eigenvalue weighted by Gasteiger charge is 2.46. The van der Waals surface area contributed by atoms with Crippen LogP contribution in [-0.2, 0) is 43.5 Å². The summed E-state index contributed by atoms with van der Waals surface area (Å²) in [5.41, 5.74) is 5.69. The van der Waals surface area contributed by atoms with E-state index in [-0.39, 0.29) is 39.0 Å². The van der Waals surface area contributed by atoms with Crippen LogP contribution in [-0.4, -0.2) is 73.7 Å². The number of benzene rings is 4. The van der Waals surface area contributed by atoms with E-state index in [4.69, 9.17) is 28.4 Å². The van der Waals surface area contributed by atoms with E-state index in [9.17, 15) is 24.3 Å². The normalized spacial score (nSPS) is 14.8. The molecule has 0 aromatic heterocycles. The molecule has 0 spiro atoms. The van der Waals surface area contributed by atoms with Gasteiger partial charge in [-0.25, -0.2) is 9.59 Å². The Morgan fingerprint density at radius 2 is 1.11 bits per heavy atom. The third-order valence-electron chi connectivity index (χ3n) is 11.0. The molecule has 0 heterocycles. The minimum atomic E-state index is -1.06. The summed E-state index contributed by atoms with van der Waals surface area (Å²) in [6.45, 7) is 14.2. The second-order valence-corrected chi connectivity index (χ2v) is 15.0. The molecule has 0 aliphatic heterocycles. The fourth-order valence-electron chi connectivity index (χ4n) is 7.81. The molecule has 0 fully saturated rings. The molecule has 5 unspecified atom stereocenters. The Balaban J connectivity index is 1.43. The zero-order valence-corrected chi connectivity index (χ0v) is 35.4. The minimum absolute atomic E-state index is 0.0316. The summed E-state index contributed by atoms with van der Waals surface area (Å²) in [6, 6.07) is 32.4. The third-order valence-corrected chi connectivity index (χ3v) is 11.0. The van der Waals surface area contributed by atoms with Crippen molar-refractivity contribution in [1.29, 1.82) is 0 Å². The molecule has 0 amide bonds. The molecule has 11 heteroatoms. The van der Waals surface area contributed by atoms with Crippen molar-refractivity contribution in [3.8, 4) is 22.6 Å². The highest BCUT2D eigenvalue weighted by molar-refractivity contribution is 5.86. The fraction of sp³-hybridized carbons (Fsp3) is 0.360. The Bertz CT molecular complexity index is 2080. The number of hydrogen-bond acceptors (Lipinski definition) is 10. The van der Waals surface area contributed by atoms with Gasteiger partial charge in [0.2, 0.25) is 0 Å². The van der Waals surface area contributed by atoms with Gasteiger partial charge in [0.25, 0.3) is 0 Å². The monoisotopic (exact) mass is 832 g/mol. The van der Waals surface area contributed by atoms with Crippen molar-refractivity contribution in [1.82, 2.24) is 0 Å². The lowest BCUT2D eigenvalue weighted by Gasteiger charge is -2.34. The van der Waals surface area contributed by atoms with Crippen LogP contribution in [0, 0.1) is 11.8 Å². The maximum Gasteiger partial charge on any atom is 0.330 e. The predicted octanol–water partition coefficient (Wildman–Crippen LogP) is 8.89. The Morgan fingerprint density at radius 1 is 0.639 bits per heavy atom. The average molecular weight is 833 g/mol. The quantitative estimate of drug-likeness (QED) is 0.0362. The van der Waals surface area contributed by atoms with Crippen molar-refractivity contribution in [2.75, 3.05) is 26.4 Å². The molecule has 322 valence electrons. The van der Waals surface area contributed by atoms with Crippen molar-refractivity contribution < 1.29 is 52.7 Å². The first kappa shape index (κ1) is 45.9. The number of carboxylic acids is 1. The molecule has 0 saturated heterocycles. The van der Waals surface area contributed by atoms with Crippen LogP contribution in [0.5, 0.6) is 11.5 Å². The highest BCUT2D eigenvalue weighted by Crippen LogP contribution is 2.56. The van der Waals surface area contributed by atoms with E-state index in [1.165, 1.54) is 0 Å². The first-order valence-electron chi connectivity index (χ1n) is 20.8. The molecule has 4 aromatic rings. The number of aliphatic carboxylic acids is 1. The molecule has 1 aliphatic carbocycles. The molecule has 4 aromatic carbocycles. The number of esters is 3. The van der Waals surface area contributed by atoms with Gasteiger partial charge in [-0.15, -0.1) is 0 Å². The van der Waals surface area contributed by atoms with Gasteiger partial charge in [0, 0.05) is 12.2 Å². The maximum atomic E-state index is 13.4. The number of hydrogen-bond donors (Lipinski definition) is 1. The Morgan fingerprint density at radius 3 is 1.56 bits per heavy atom. The molecule has 0 radical (unpaired) electrons. The Hall–Kier alpha value is -6.20. The van der Waals surface area contributed by atoms with Gasteiger partial charge in [0.05, 0.1) is 23.4 Å². The molecular formula is C50H56O11. The molecule has 61 heavy (non-hydrogen) atoms. The number of carbonyl (C=O) groups is 4. The standard InChI is InChI=1S/C50H56O11/c1-7-16-43(48(53)54)40(9-3)49(55)61-39(32-59-47(52)11-5)30-57-37-27-23-35(24-28-37)50(44-19-14-12-17-41(44)42-18-13-15-20-45(42)50)34-21-25-36(26-22-34)56-29-38(60-33(6)8-2)31-58-46(51)10-4/h10-15,17-28,33,38-40,43H,4-5,7-9,16,29-32H2,1-3,6H3,(H,53,54). The summed E-state index contributed by atoms with van der Waals surface area (Å²) < 4.78 is 34.7. The topological polar surface area (TPSA) is 144 Å². The molecule has 5 atom stereocenters. The maximum absolute atomic E-state index is 13.4. The minimum Gasteiger partial charge on any atom is -0.491 e. The lowest BCUT2D eigenvalue weighted by molar-refractivity contribution is -0.168. The summed E-state index contributed by atoms with van der Waals surface area (Å²) in [4.78, 5) is 49.2. The highest BCUT2D eigenvalue weighted by atomic mass is 16.6. The third kappa shape index (κ3) is 11.0. The van der Waals surface area contributed by atoms with Crippen molar-refractivity contribution in [3.63, 3.8) is 0 Å². The van der Waals surface area contributed by atoms with Crippen LogP contribution >= 0.6 is 0 Å². The van der Waals surface area contributed by atoms with Crippen LogP contribution in [0.1, 0.15) is 75.6 Å². The zero-order chi connectivity index (χ0) is 43.9. The van der Waals surface area contributed by atoms with Crippen LogP contribution in [0.3, 0.4) is 0 Å². The molecule has 0 bridgehead atoms. The smallest absolute Gasteiger partial charge is 0.330 e. The van der Waals surface area contributed by atoms with Crippen molar-refractivity contribution in [3.05, 3.63) is 145 Å². The summed E-state index contributed by atoms with van der Waals surface area (Å²) >= 11 is 0. The van der Waals surface area contributed by atoms with Crippen LogP contribution < -0.4 is 9.47 Å². The van der Waals surface area contributed by atoms with Gasteiger partial charge in [0.1, 0.15) is 44.0 Å². The number of carbonyl (C=O) groups excluding carboxylic acids is 3. The first-order valence-corrected chi connectivity index (χ1v) is 20.8. The average Bonchev–Trinajstić information content (AvgIpc) is 3.59. The van der Waals surface area contributed by atoms with Crippen molar-refractivity contribution >= 4 is 23.9 Å². The van der Waals surface area contributed by atoms with E-state index in [0.717, 1.165) is 52.0 Å². The van der Waals surface area contributed by atoms with Crippen LogP contribution in [0.25, 0.3) is 11.1 Å². The van der Waals surface area contributed by atoms with Gasteiger partial charge >= 0.3 is 23.9 Å². The van der Waals surface area contributed by atoms with Gasteiger partial charge in [0.15, 0.2) is 6.10 Å². The second kappa shape index (κ2) is 21.9. The largest absolute Gasteiger partial charge is 0.491 e. The Kier molecular flexibility index (Phi) is 16.5. The lowest BCUT2D eigenvalue weighted by atomic mass is 9.68. The van der Waals surface area contributed by atoms with E-state index < -0.39 is 53.3 Å². The molecular weight excluding hydrogens is 777 g/mol. The number of ether oxygens (including phenoxy) is 6. The fourth-order valence-corrected chi connectivity index (χ4v) is 7.81. The number of fused-ring (bicyclic) bond motifs is 3. The first-order chi connectivity index (χ1) is 29.5. The molecule has 1 N–H and O–H groups in total. The summed E-state index contributed by atoms with van der Waals surface area (Å²) in [7, 11) is 0. The van der Waals surface area contributed by atoms with Crippen LogP contribution in [0.4, 0.5) is 0 Å². The van der Waals surface area contributed by atoms with E-state index in [2.05, 4.69) is 49.6 Å². The van der Waals surface area contributed by atoms with E-state index >= 15 is 0 Å². The van der Waals surface area contributed by atoms with Crippen LogP contribution in [0.15, 0.2) is 122 Å². The second-order valence-electron chi connectivity index (χ2n) is 15.0. The molecule has 0 saturated carbocycles. The van der Waals surface area contributed by atoms with E-state index in [1.54, 1.807) is 6.92 Å². The zero-order valence-electron chi connectivity index (χ0n) is 35.4. The molecule has 1 aliphatic rings. The van der Waals surface area contributed by atoms with Crippen LogP contribution in [0.2, 0.25) is 0 Å². The summed E-state index contributed by atoms with van der Waals surface area (Å²) in [6.07, 6.45) is 2.55. The summed E-state index contributed by atoms with van der Waals surface area (Å²) in [5, 5.41) is 9.83. The summed E-state index contributed by atoms with van der Waals surface area (Å²) in [5.74, 6) is -3.65. The molecule has 11 nitrogen and oxygen atoms in total. The van der Waals surface area contributed by atoms with Gasteiger partial charge in [-0.05, 0) is 83.8 Å². The Labute approximate surface area is 358 Å². The van der Waals surface area contributed by atoms with Gasteiger partial charge < -0.3 is 33.5 Å². The molecule has 5 rings (SSSR count). The SMILES string of the molecule is C=CC(=O)OCC(COc1ccc(C2(c3ccc(OCC(COC(=O)C=C)OC(C)CC)cc3)c3ccccc3-c3ccccc32)cc1)OC(=O)C(CC)C(CCC)C(=O)O. The van der Waals surface area contributed by atoms with E-state index in [0.29, 0.717) is 24.3 Å². The van der Waals surface area contributed by atoms with Gasteiger partial charge in [-0.3, -0.25) is 9.59 Å². The predicted molar refractivity (Wildman–Crippen MR) is 231 cm³/mol. The van der Waals surface area contributed by atoms with Crippen molar-refractivity contribution in [2.24, 2.45) is 11.8 Å². The van der Waals surface area contributed by atoms with Gasteiger partial charge in [-0.2, -0.15) is 0 Å². The van der Waals surface area contributed by atoms with Crippen molar-refractivity contribution in [2.45, 2.75) is 77.1 Å². The number of carboxylic acid groups (broad SMARTS) is 1. The number of rotatable bonds is 24. The lowest BCUT2D eigenvalue weighted by Crippen LogP contribution is -2.37.